The SMILES string of the molecule is CCOc1ccc(OC)cc1C1(N2CC3(CN(C4CCNCC4)C3)C2)C(=O)Nc2ccc(C#N)cc21.O=C(O)C(F)(F)F.O=C(O)C(F)(F)F.O=C(O)C(F)(F)F. The van der Waals surface area contributed by atoms with E-state index in [4.69, 9.17) is 39.2 Å². The molecule has 5 N–H and O–H groups in total. The predicted octanol–water partition coefficient (Wildman–Crippen LogP) is 4.43. The molecule has 3 fully saturated rings. The number of carboxylic acid groups (broad SMARTS) is 3. The van der Waals surface area contributed by atoms with Gasteiger partial charge in [0, 0.05) is 54.5 Å². The van der Waals surface area contributed by atoms with Crippen LogP contribution in [-0.2, 0) is 24.7 Å². The molecule has 3 saturated heterocycles. The molecule has 314 valence electrons. The largest absolute Gasteiger partial charge is 0.497 e. The van der Waals surface area contributed by atoms with Crippen molar-refractivity contribution in [3.8, 4) is 17.6 Å². The summed E-state index contributed by atoms with van der Waals surface area (Å²) in [5, 5.41) is 37.6. The number of nitrogens with zero attached hydrogens (tertiary/aromatic N) is 3. The maximum absolute atomic E-state index is 14.0. The Morgan fingerprint density at radius 2 is 1.35 bits per heavy atom. The zero-order valence-electron chi connectivity index (χ0n) is 29.9. The fourth-order valence-corrected chi connectivity index (χ4v) is 6.76. The summed E-state index contributed by atoms with van der Waals surface area (Å²) in [6.45, 7) is 8.41. The number of anilines is 1. The van der Waals surface area contributed by atoms with Gasteiger partial charge in [-0.15, -0.1) is 0 Å². The molecule has 23 heteroatoms. The topological polar surface area (TPSA) is 202 Å². The van der Waals surface area contributed by atoms with Crippen molar-refractivity contribution in [2.24, 2.45) is 5.41 Å². The Balaban J connectivity index is 0.000000341. The second-order valence-electron chi connectivity index (χ2n) is 13.0. The second-order valence-corrected chi connectivity index (χ2v) is 13.0. The number of amides is 1. The molecule has 4 heterocycles. The number of benzene rings is 2. The van der Waals surface area contributed by atoms with Gasteiger partial charge < -0.3 is 35.4 Å². The van der Waals surface area contributed by atoms with Crippen LogP contribution in [0.25, 0.3) is 0 Å². The summed E-state index contributed by atoms with van der Waals surface area (Å²) in [4.78, 5) is 45.6. The number of carbonyl (C=O) groups excluding carboxylic acids is 1. The molecule has 4 aliphatic heterocycles. The zero-order chi connectivity index (χ0) is 43.1. The van der Waals surface area contributed by atoms with Crippen LogP contribution >= 0.6 is 0 Å². The summed E-state index contributed by atoms with van der Waals surface area (Å²) < 4.78 is 107. The molecule has 1 spiro atoms. The van der Waals surface area contributed by atoms with E-state index in [0.29, 0.717) is 29.7 Å². The highest BCUT2D eigenvalue weighted by Crippen LogP contribution is 2.55. The summed E-state index contributed by atoms with van der Waals surface area (Å²) in [5.41, 5.74) is 1.98. The van der Waals surface area contributed by atoms with Crippen LogP contribution in [0.1, 0.15) is 36.5 Å². The Hall–Kier alpha value is -5.34. The molecule has 14 nitrogen and oxygen atoms in total. The molecule has 2 aromatic carbocycles. The molecule has 0 aliphatic carbocycles. The number of hydrogen-bond acceptors (Lipinski definition) is 10. The molecule has 0 saturated carbocycles. The Morgan fingerprint density at radius 1 is 0.842 bits per heavy atom. The van der Waals surface area contributed by atoms with Crippen molar-refractivity contribution in [3.05, 3.63) is 53.1 Å². The fourth-order valence-electron chi connectivity index (χ4n) is 6.76. The van der Waals surface area contributed by atoms with Gasteiger partial charge in [0.25, 0.3) is 5.91 Å². The lowest BCUT2D eigenvalue weighted by Gasteiger charge is -2.65. The highest BCUT2D eigenvalue weighted by molar-refractivity contribution is 6.09. The van der Waals surface area contributed by atoms with E-state index >= 15 is 0 Å². The number of methoxy groups -OCH3 is 1. The van der Waals surface area contributed by atoms with Crippen molar-refractivity contribution in [3.63, 3.8) is 0 Å². The summed E-state index contributed by atoms with van der Waals surface area (Å²) in [6.07, 6.45) is -12.8. The van der Waals surface area contributed by atoms with E-state index in [1.165, 1.54) is 12.8 Å². The van der Waals surface area contributed by atoms with Gasteiger partial charge in [0.1, 0.15) is 11.5 Å². The third-order valence-corrected chi connectivity index (χ3v) is 9.15. The van der Waals surface area contributed by atoms with Crippen LogP contribution in [0.15, 0.2) is 36.4 Å². The van der Waals surface area contributed by atoms with E-state index < -0.39 is 42.0 Å². The molecule has 6 rings (SSSR count). The minimum absolute atomic E-state index is 0.105. The Kier molecular flexibility index (Phi) is 14.4. The van der Waals surface area contributed by atoms with Crippen LogP contribution in [0.4, 0.5) is 45.2 Å². The van der Waals surface area contributed by atoms with Gasteiger partial charge in [0.05, 0.1) is 25.3 Å². The number of fused-ring (bicyclic) bond motifs is 1. The van der Waals surface area contributed by atoms with Gasteiger partial charge >= 0.3 is 36.4 Å². The van der Waals surface area contributed by atoms with Crippen molar-refractivity contribution in [2.75, 3.05) is 58.3 Å². The minimum atomic E-state index is -5.08. The lowest BCUT2D eigenvalue weighted by Crippen LogP contribution is -2.77. The number of hydrogen-bond donors (Lipinski definition) is 5. The van der Waals surface area contributed by atoms with Gasteiger partial charge in [-0.2, -0.15) is 44.8 Å². The molecule has 0 bridgehead atoms. The van der Waals surface area contributed by atoms with Gasteiger partial charge in [0.2, 0.25) is 0 Å². The van der Waals surface area contributed by atoms with Crippen LogP contribution < -0.4 is 20.1 Å². The first-order valence-corrected chi connectivity index (χ1v) is 16.6. The maximum Gasteiger partial charge on any atom is 0.490 e. The number of aliphatic carboxylic acids is 3. The number of carbonyl (C=O) groups is 4. The highest BCUT2D eigenvalue weighted by Gasteiger charge is 2.64. The minimum Gasteiger partial charge on any atom is -0.497 e. The number of likely N-dealkylation sites (tertiary alicyclic amines) is 2. The van der Waals surface area contributed by atoms with Gasteiger partial charge in [-0.25, -0.2) is 14.4 Å². The average Bonchev–Trinajstić information content (AvgIpc) is 3.38. The third kappa shape index (κ3) is 10.7. The van der Waals surface area contributed by atoms with Crippen LogP contribution in [0.2, 0.25) is 0 Å². The molecule has 0 aromatic heterocycles. The second kappa shape index (κ2) is 17.9. The first-order valence-electron chi connectivity index (χ1n) is 16.6. The monoisotopic (exact) mass is 829 g/mol. The summed E-state index contributed by atoms with van der Waals surface area (Å²) in [6, 6.07) is 14.0. The van der Waals surface area contributed by atoms with E-state index in [0.717, 1.165) is 56.1 Å². The number of halogens is 9. The Morgan fingerprint density at radius 3 is 1.79 bits per heavy atom. The van der Waals surface area contributed by atoms with Crippen molar-refractivity contribution in [1.82, 2.24) is 15.1 Å². The molecule has 2 aromatic rings. The smallest absolute Gasteiger partial charge is 0.490 e. The molecular weight excluding hydrogens is 793 g/mol. The van der Waals surface area contributed by atoms with Gasteiger partial charge in [-0.3, -0.25) is 14.6 Å². The van der Waals surface area contributed by atoms with E-state index in [9.17, 15) is 49.6 Å². The summed E-state index contributed by atoms with van der Waals surface area (Å²) in [5.74, 6) is -7.05. The quantitative estimate of drug-likeness (QED) is 0.256. The van der Waals surface area contributed by atoms with Crippen molar-refractivity contribution in [1.29, 1.82) is 5.26 Å². The van der Waals surface area contributed by atoms with E-state index in [2.05, 4.69) is 26.5 Å². The lowest BCUT2D eigenvalue weighted by molar-refractivity contribution is -0.193. The molecular formula is C34H36F9N5O9. The Bertz CT molecular complexity index is 1770. The Labute approximate surface area is 317 Å². The third-order valence-electron chi connectivity index (χ3n) is 9.15. The van der Waals surface area contributed by atoms with E-state index in [1.807, 2.05) is 37.3 Å². The zero-order valence-corrected chi connectivity index (χ0v) is 29.9. The number of nitrogens with one attached hydrogen (secondary N) is 2. The highest BCUT2D eigenvalue weighted by atomic mass is 19.4. The maximum atomic E-state index is 14.0. The van der Waals surface area contributed by atoms with E-state index in [-0.39, 0.29) is 11.3 Å². The van der Waals surface area contributed by atoms with E-state index in [1.54, 1.807) is 13.2 Å². The fraction of sp³-hybridized carbons (Fsp3) is 0.500. The molecule has 1 amide bonds. The van der Waals surface area contributed by atoms with Gasteiger partial charge in [-0.05, 0) is 69.3 Å². The van der Waals surface area contributed by atoms with Crippen molar-refractivity contribution >= 4 is 29.5 Å². The van der Waals surface area contributed by atoms with Gasteiger partial charge in [-0.1, -0.05) is 0 Å². The predicted molar refractivity (Wildman–Crippen MR) is 177 cm³/mol. The van der Waals surface area contributed by atoms with Crippen LogP contribution in [-0.4, -0.2) is 126 Å². The molecule has 4 aliphatic rings. The summed E-state index contributed by atoms with van der Waals surface area (Å²) >= 11 is 0. The van der Waals surface area contributed by atoms with Crippen molar-refractivity contribution in [2.45, 2.75) is 49.9 Å². The van der Waals surface area contributed by atoms with Crippen LogP contribution in [0.5, 0.6) is 11.5 Å². The molecule has 0 radical (unpaired) electrons. The summed E-state index contributed by atoms with van der Waals surface area (Å²) in [7, 11) is 1.63. The number of ether oxygens (including phenoxy) is 2. The van der Waals surface area contributed by atoms with Crippen molar-refractivity contribution < 1.29 is 83.5 Å². The number of nitriles is 1. The van der Waals surface area contributed by atoms with Crippen LogP contribution in [0.3, 0.4) is 0 Å². The molecule has 57 heavy (non-hydrogen) atoms. The number of alkyl halides is 9. The number of carboxylic acids is 3. The number of rotatable bonds is 6. The molecule has 1 atom stereocenters. The van der Waals surface area contributed by atoms with Gasteiger partial charge in [0.15, 0.2) is 5.54 Å². The first-order chi connectivity index (χ1) is 26.4. The molecule has 1 unspecified atom stereocenters. The average molecular weight is 830 g/mol. The number of piperidine rings is 1. The van der Waals surface area contributed by atoms with Crippen LogP contribution in [0, 0.1) is 16.7 Å². The first kappa shape index (κ1) is 46.0. The lowest BCUT2D eigenvalue weighted by atomic mass is 9.67. The standard InChI is InChI=1S/C28H33N5O3.3C2HF3O2/c1-3-36-25-7-5-21(35-2)13-23(25)28(22-12-19(14-29)4-6-24(22)31-26(28)34)33-17-27(18-33)15-32(16-27)20-8-10-30-11-9-20;3*3-2(4,5)1(6)7/h4-7,12-13,20,30H,3,8-11,15-18H2,1-2H3,(H,31,34);3*(H,6,7). The normalized spacial score (nSPS) is 20.2.